The van der Waals surface area contributed by atoms with Crippen LogP contribution in [0, 0.1) is 23.7 Å². The zero-order valence-electron chi connectivity index (χ0n) is 13.8. The first kappa shape index (κ1) is 15.5. The van der Waals surface area contributed by atoms with Crippen LogP contribution in [0.15, 0.2) is 34.7 Å². The van der Waals surface area contributed by atoms with E-state index in [1.165, 1.54) is 7.11 Å². The lowest BCUT2D eigenvalue weighted by Crippen LogP contribution is -2.45. The predicted octanol–water partition coefficient (Wildman–Crippen LogP) is 3.42. The number of carbonyl (C=O) groups excluding carboxylic acids is 2. The highest BCUT2D eigenvalue weighted by molar-refractivity contribution is 5.89. The van der Waals surface area contributed by atoms with Crippen molar-refractivity contribution in [3.8, 4) is 0 Å². The van der Waals surface area contributed by atoms with E-state index in [-0.39, 0.29) is 35.8 Å². The minimum Gasteiger partial charge on any atom is -0.472 e. The Morgan fingerprint density at radius 1 is 1.21 bits per heavy atom. The number of hydrogen-bond acceptors (Lipinski definition) is 5. The molecule has 1 aromatic rings. The fourth-order valence-electron chi connectivity index (χ4n) is 4.94. The van der Waals surface area contributed by atoms with Crippen molar-refractivity contribution in [3.05, 3.63) is 35.8 Å². The SMILES string of the molecule is COC(=O)C1=CCC[C@@H]2[C@H]3C[C@H](c4ccoc4)OC(=O)[C@@H]3CC[C@H]12. The molecule has 0 aromatic carbocycles. The highest BCUT2D eigenvalue weighted by atomic mass is 16.5. The summed E-state index contributed by atoms with van der Waals surface area (Å²) in [5.41, 5.74) is 1.73. The number of cyclic esters (lactones) is 1. The number of methoxy groups -OCH3 is 1. The minimum absolute atomic E-state index is 0.0357. The molecule has 2 fully saturated rings. The van der Waals surface area contributed by atoms with E-state index in [0.717, 1.165) is 43.2 Å². The average molecular weight is 330 g/mol. The largest absolute Gasteiger partial charge is 0.472 e. The van der Waals surface area contributed by atoms with E-state index in [1.807, 2.05) is 12.1 Å². The number of ether oxygens (including phenoxy) is 2. The van der Waals surface area contributed by atoms with Crippen LogP contribution in [0.2, 0.25) is 0 Å². The van der Waals surface area contributed by atoms with Crippen LogP contribution in [0.25, 0.3) is 0 Å². The molecular weight excluding hydrogens is 308 g/mol. The molecule has 2 heterocycles. The van der Waals surface area contributed by atoms with E-state index in [2.05, 4.69) is 0 Å². The molecule has 0 unspecified atom stereocenters. The van der Waals surface area contributed by atoms with Crippen molar-refractivity contribution < 1.29 is 23.5 Å². The van der Waals surface area contributed by atoms with Crippen LogP contribution in [-0.2, 0) is 19.1 Å². The van der Waals surface area contributed by atoms with Gasteiger partial charge in [0.15, 0.2) is 0 Å². The summed E-state index contributed by atoms with van der Waals surface area (Å²) in [6.07, 6.45) is 9.42. The van der Waals surface area contributed by atoms with Crippen molar-refractivity contribution in [1.82, 2.24) is 0 Å². The summed E-state index contributed by atoms with van der Waals surface area (Å²) in [4.78, 5) is 24.6. The van der Waals surface area contributed by atoms with Gasteiger partial charge in [0.1, 0.15) is 6.10 Å². The zero-order valence-corrected chi connectivity index (χ0v) is 13.8. The van der Waals surface area contributed by atoms with Gasteiger partial charge >= 0.3 is 11.9 Å². The molecule has 0 N–H and O–H groups in total. The molecule has 1 aliphatic heterocycles. The number of fused-ring (bicyclic) bond motifs is 3. The first-order valence-electron chi connectivity index (χ1n) is 8.70. The van der Waals surface area contributed by atoms with Crippen LogP contribution < -0.4 is 0 Å². The summed E-state index contributed by atoms with van der Waals surface area (Å²) in [7, 11) is 1.44. The van der Waals surface area contributed by atoms with E-state index in [1.54, 1.807) is 12.5 Å². The molecule has 1 saturated carbocycles. The third-order valence-electron chi connectivity index (χ3n) is 6.02. The molecule has 5 atom stereocenters. The lowest BCUT2D eigenvalue weighted by molar-refractivity contribution is -0.172. The molecule has 5 heteroatoms. The quantitative estimate of drug-likeness (QED) is 0.777. The zero-order chi connectivity index (χ0) is 16.7. The number of rotatable bonds is 2. The first-order chi connectivity index (χ1) is 11.7. The highest BCUT2D eigenvalue weighted by Gasteiger charge is 2.50. The van der Waals surface area contributed by atoms with Crippen molar-refractivity contribution in [3.63, 3.8) is 0 Å². The second kappa shape index (κ2) is 6.11. The Kier molecular flexibility index (Phi) is 3.94. The van der Waals surface area contributed by atoms with E-state index in [4.69, 9.17) is 13.9 Å². The Labute approximate surface area is 141 Å². The Hall–Kier alpha value is -2.04. The molecule has 3 aliphatic rings. The monoisotopic (exact) mass is 330 g/mol. The average Bonchev–Trinajstić information content (AvgIpc) is 3.15. The molecule has 2 aliphatic carbocycles. The topological polar surface area (TPSA) is 65.7 Å². The maximum Gasteiger partial charge on any atom is 0.333 e. The fraction of sp³-hybridized carbons (Fsp3) is 0.579. The van der Waals surface area contributed by atoms with Gasteiger partial charge in [0.05, 0.1) is 25.6 Å². The second-order valence-corrected chi connectivity index (χ2v) is 7.06. The van der Waals surface area contributed by atoms with Crippen LogP contribution in [0.4, 0.5) is 0 Å². The summed E-state index contributed by atoms with van der Waals surface area (Å²) in [6, 6.07) is 1.86. The summed E-state index contributed by atoms with van der Waals surface area (Å²) in [6.45, 7) is 0. The van der Waals surface area contributed by atoms with Gasteiger partial charge in [-0.1, -0.05) is 6.08 Å². The predicted molar refractivity (Wildman–Crippen MR) is 84.7 cm³/mol. The van der Waals surface area contributed by atoms with Gasteiger partial charge in [0.25, 0.3) is 0 Å². The first-order valence-corrected chi connectivity index (χ1v) is 8.70. The fourth-order valence-corrected chi connectivity index (χ4v) is 4.94. The molecule has 24 heavy (non-hydrogen) atoms. The van der Waals surface area contributed by atoms with Crippen LogP contribution in [0.1, 0.15) is 43.8 Å². The number of allylic oxidation sites excluding steroid dienone is 1. The number of carbonyl (C=O) groups is 2. The molecular formula is C19H22O5. The van der Waals surface area contributed by atoms with E-state index in [9.17, 15) is 9.59 Å². The van der Waals surface area contributed by atoms with Gasteiger partial charge < -0.3 is 13.9 Å². The summed E-state index contributed by atoms with van der Waals surface area (Å²) < 4.78 is 15.8. The van der Waals surface area contributed by atoms with Gasteiger partial charge in [-0.05, 0) is 55.9 Å². The smallest absolute Gasteiger partial charge is 0.333 e. The third-order valence-corrected chi connectivity index (χ3v) is 6.02. The standard InChI is InChI=1S/C19H22O5/c1-22-18(20)14-4-2-3-12-13(14)5-6-15-16(12)9-17(24-19(15)21)11-7-8-23-10-11/h4,7-8,10,12-13,15-17H,2-3,5-6,9H2,1H3/t12-,13-,15+,16+,17+/m0/s1. The summed E-state index contributed by atoms with van der Waals surface area (Å²) >= 11 is 0. The summed E-state index contributed by atoms with van der Waals surface area (Å²) in [5, 5.41) is 0. The Balaban J connectivity index is 1.60. The molecule has 0 spiro atoms. The van der Waals surface area contributed by atoms with E-state index < -0.39 is 0 Å². The van der Waals surface area contributed by atoms with Gasteiger partial charge in [0, 0.05) is 11.1 Å². The van der Waals surface area contributed by atoms with Crippen LogP contribution >= 0.6 is 0 Å². The van der Waals surface area contributed by atoms with Gasteiger partial charge in [-0.15, -0.1) is 0 Å². The van der Waals surface area contributed by atoms with Gasteiger partial charge in [-0.25, -0.2) is 4.79 Å². The molecule has 5 nitrogen and oxygen atoms in total. The number of furan rings is 1. The van der Waals surface area contributed by atoms with Crippen molar-refractivity contribution >= 4 is 11.9 Å². The van der Waals surface area contributed by atoms with Crippen molar-refractivity contribution in [2.45, 2.75) is 38.2 Å². The molecule has 1 saturated heterocycles. The molecule has 0 bridgehead atoms. The van der Waals surface area contributed by atoms with Crippen molar-refractivity contribution in [1.29, 1.82) is 0 Å². The Morgan fingerprint density at radius 3 is 2.79 bits per heavy atom. The van der Waals surface area contributed by atoms with Crippen molar-refractivity contribution in [2.24, 2.45) is 23.7 Å². The van der Waals surface area contributed by atoms with E-state index >= 15 is 0 Å². The molecule has 128 valence electrons. The minimum atomic E-state index is -0.233. The number of esters is 2. The lowest BCUT2D eigenvalue weighted by atomic mass is 9.59. The Morgan fingerprint density at radius 2 is 2.04 bits per heavy atom. The third kappa shape index (κ3) is 2.46. The molecule has 1 aromatic heterocycles. The van der Waals surface area contributed by atoms with E-state index in [0.29, 0.717) is 5.92 Å². The van der Waals surface area contributed by atoms with Crippen LogP contribution in [0.5, 0.6) is 0 Å². The summed E-state index contributed by atoms with van der Waals surface area (Å²) in [5.74, 6) is 0.482. The maximum atomic E-state index is 12.5. The van der Waals surface area contributed by atoms with Crippen LogP contribution in [-0.4, -0.2) is 19.0 Å². The van der Waals surface area contributed by atoms with Crippen LogP contribution in [0.3, 0.4) is 0 Å². The van der Waals surface area contributed by atoms with Crippen molar-refractivity contribution in [2.75, 3.05) is 7.11 Å². The highest BCUT2D eigenvalue weighted by Crippen LogP contribution is 2.52. The molecule has 0 radical (unpaired) electrons. The molecule has 0 amide bonds. The number of hydrogen-bond donors (Lipinski definition) is 0. The normalized spacial score (nSPS) is 35.3. The second-order valence-electron chi connectivity index (χ2n) is 7.06. The van der Waals surface area contributed by atoms with Gasteiger partial charge in [0.2, 0.25) is 0 Å². The van der Waals surface area contributed by atoms with Gasteiger partial charge in [-0.2, -0.15) is 0 Å². The Bertz CT molecular complexity index is 659. The van der Waals surface area contributed by atoms with Gasteiger partial charge in [-0.3, -0.25) is 4.79 Å². The lowest BCUT2D eigenvalue weighted by Gasteiger charge is -2.47. The maximum absolute atomic E-state index is 12.5. The molecule has 4 rings (SSSR count).